The van der Waals surface area contributed by atoms with Gasteiger partial charge in [0.15, 0.2) is 0 Å². The minimum atomic E-state index is -0.884. The molecule has 0 aliphatic rings. The number of nitrogens with zero attached hydrogens (tertiary/aromatic N) is 1. The quantitative estimate of drug-likeness (QED) is 0.629. The molecule has 0 fully saturated rings. The maximum Gasteiger partial charge on any atom is 0.0771 e. The molecule has 1 N–H and O–H groups in total. The number of nitriles is 1. The first-order valence-corrected chi connectivity index (χ1v) is 3.20. The lowest BCUT2D eigenvalue weighted by atomic mass is 10.00. The van der Waals surface area contributed by atoms with Gasteiger partial charge in [0.25, 0.3) is 0 Å². The van der Waals surface area contributed by atoms with Crippen molar-refractivity contribution >= 4 is 0 Å². The molecule has 0 aliphatic heterocycles. The van der Waals surface area contributed by atoms with Crippen molar-refractivity contribution in [3.8, 4) is 6.07 Å². The van der Waals surface area contributed by atoms with Gasteiger partial charge < -0.3 is 9.84 Å². The van der Waals surface area contributed by atoms with Gasteiger partial charge >= 0.3 is 0 Å². The molecular weight excluding hydrogens is 130 g/mol. The van der Waals surface area contributed by atoms with E-state index in [1.807, 2.05) is 6.07 Å². The van der Waals surface area contributed by atoms with Crippen molar-refractivity contribution < 1.29 is 9.84 Å². The molecule has 0 aliphatic carbocycles. The van der Waals surface area contributed by atoms with Crippen LogP contribution in [0.1, 0.15) is 19.8 Å². The average molecular weight is 143 g/mol. The van der Waals surface area contributed by atoms with E-state index in [-0.39, 0.29) is 6.42 Å². The number of rotatable bonds is 4. The zero-order valence-corrected chi connectivity index (χ0v) is 6.42. The molecule has 3 heteroatoms. The highest BCUT2D eigenvalue weighted by Crippen LogP contribution is 2.12. The Morgan fingerprint density at radius 2 is 2.30 bits per heavy atom. The lowest BCUT2D eigenvalue weighted by Crippen LogP contribution is -2.24. The molecule has 0 amide bonds. The zero-order chi connectivity index (χ0) is 8.04. The number of ether oxygens (including phenoxy) is 1. The summed E-state index contributed by atoms with van der Waals surface area (Å²) in [6.45, 7) is 2.13. The van der Waals surface area contributed by atoms with Crippen LogP contribution in [0, 0.1) is 11.3 Å². The van der Waals surface area contributed by atoms with Gasteiger partial charge in [-0.2, -0.15) is 5.26 Å². The van der Waals surface area contributed by atoms with Gasteiger partial charge in [-0.05, 0) is 6.92 Å². The van der Waals surface area contributed by atoms with Crippen molar-refractivity contribution in [2.24, 2.45) is 0 Å². The topological polar surface area (TPSA) is 53.2 Å². The largest absolute Gasteiger partial charge is 0.389 e. The van der Waals surface area contributed by atoms with Gasteiger partial charge in [-0.3, -0.25) is 0 Å². The van der Waals surface area contributed by atoms with Gasteiger partial charge in [0.2, 0.25) is 0 Å². The summed E-state index contributed by atoms with van der Waals surface area (Å²) in [5.41, 5.74) is -0.884. The van der Waals surface area contributed by atoms with Crippen LogP contribution < -0.4 is 0 Å². The first kappa shape index (κ1) is 9.41. The third kappa shape index (κ3) is 4.30. The summed E-state index contributed by atoms with van der Waals surface area (Å²) in [5.74, 6) is 0. The van der Waals surface area contributed by atoms with Gasteiger partial charge in [0.1, 0.15) is 0 Å². The van der Waals surface area contributed by atoms with E-state index in [1.54, 1.807) is 14.0 Å². The lowest BCUT2D eigenvalue weighted by Gasteiger charge is -2.18. The minimum absolute atomic E-state index is 0.163. The van der Waals surface area contributed by atoms with Crippen LogP contribution in [0.4, 0.5) is 0 Å². The molecule has 3 nitrogen and oxygen atoms in total. The Morgan fingerprint density at radius 3 is 2.70 bits per heavy atom. The molecule has 1 unspecified atom stereocenters. The number of hydrogen-bond donors (Lipinski definition) is 1. The summed E-state index contributed by atoms with van der Waals surface area (Å²) in [5, 5.41) is 17.6. The predicted octanol–water partition coefficient (Wildman–Crippen LogP) is 0.688. The summed E-state index contributed by atoms with van der Waals surface area (Å²) in [7, 11) is 1.57. The molecule has 1 atom stereocenters. The highest BCUT2D eigenvalue weighted by molar-refractivity contribution is 4.84. The van der Waals surface area contributed by atoms with Gasteiger partial charge in [0, 0.05) is 20.1 Å². The van der Waals surface area contributed by atoms with Crippen LogP contribution in [0.3, 0.4) is 0 Å². The molecule has 0 aromatic heterocycles. The molecule has 0 saturated carbocycles. The number of hydrogen-bond acceptors (Lipinski definition) is 3. The second-order valence-corrected chi connectivity index (χ2v) is 2.57. The minimum Gasteiger partial charge on any atom is -0.389 e. The van der Waals surface area contributed by atoms with Crippen molar-refractivity contribution in [2.75, 3.05) is 13.7 Å². The first-order valence-electron chi connectivity index (χ1n) is 3.20. The van der Waals surface area contributed by atoms with E-state index in [4.69, 9.17) is 10.00 Å². The molecule has 0 bridgehead atoms. The Kier molecular flexibility index (Phi) is 4.01. The van der Waals surface area contributed by atoms with E-state index in [0.29, 0.717) is 13.0 Å². The lowest BCUT2D eigenvalue weighted by molar-refractivity contribution is 0.0286. The van der Waals surface area contributed by atoms with E-state index < -0.39 is 5.60 Å². The SMILES string of the molecule is COCCC(C)(O)CC#N. The highest BCUT2D eigenvalue weighted by Gasteiger charge is 2.18. The summed E-state index contributed by atoms with van der Waals surface area (Å²) in [6, 6.07) is 1.91. The van der Waals surface area contributed by atoms with Gasteiger partial charge in [0.05, 0.1) is 18.1 Å². The maximum atomic E-state index is 9.34. The van der Waals surface area contributed by atoms with Gasteiger partial charge in [-0.15, -0.1) is 0 Å². The smallest absolute Gasteiger partial charge is 0.0771 e. The molecule has 0 saturated heterocycles. The maximum absolute atomic E-state index is 9.34. The van der Waals surface area contributed by atoms with E-state index in [0.717, 1.165) is 0 Å². The summed E-state index contributed by atoms with van der Waals surface area (Å²) >= 11 is 0. The third-order valence-corrected chi connectivity index (χ3v) is 1.30. The van der Waals surface area contributed by atoms with Crippen LogP contribution in [0.2, 0.25) is 0 Å². The summed E-state index contributed by atoms with van der Waals surface area (Å²) in [4.78, 5) is 0. The molecule has 0 rings (SSSR count). The second-order valence-electron chi connectivity index (χ2n) is 2.57. The van der Waals surface area contributed by atoms with Gasteiger partial charge in [-0.25, -0.2) is 0 Å². The van der Waals surface area contributed by atoms with E-state index in [9.17, 15) is 5.11 Å². The Labute approximate surface area is 61.2 Å². The normalized spacial score (nSPS) is 15.8. The fourth-order valence-corrected chi connectivity index (χ4v) is 0.581. The van der Waals surface area contributed by atoms with Gasteiger partial charge in [-0.1, -0.05) is 0 Å². The average Bonchev–Trinajstić information content (AvgIpc) is 1.84. The monoisotopic (exact) mass is 143 g/mol. The number of methoxy groups -OCH3 is 1. The molecule has 10 heavy (non-hydrogen) atoms. The molecule has 0 aromatic carbocycles. The van der Waals surface area contributed by atoms with Crippen molar-refractivity contribution in [3.05, 3.63) is 0 Å². The number of aliphatic hydroxyl groups is 1. The fraction of sp³-hybridized carbons (Fsp3) is 0.857. The summed E-state index contributed by atoms with van der Waals surface area (Å²) < 4.78 is 4.75. The summed E-state index contributed by atoms with van der Waals surface area (Å²) in [6.07, 6.45) is 0.674. The molecule has 0 spiro atoms. The first-order chi connectivity index (χ1) is 4.62. The Hall–Kier alpha value is -0.590. The predicted molar refractivity (Wildman–Crippen MR) is 37.3 cm³/mol. The van der Waals surface area contributed by atoms with Crippen LogP contribution >= 0.6 is 0 Å². The van der Waals surface area contributed by atoms with E-state index in [1.165, 1.54) is 0 Å². The molecule has 0 aromatic rings. The van der Waals surface area contributed by atoms with Crippen LogP contribution in [0.25, 0.3) is 0 Å². The highest BCUT2D eigenvalue weighted by atomic mass is 16.5. The Bertz CT molecular complexity index is 126. The molecule has 0 radical (unpaired) electrons. The van der Waals surface area contributed by atoms with Crippen molar-refractivity contribution in [1.82, 2.24) is 0 Å². The Balaban J connectivity index is 3.55. The van der Waals surface area contributed by atoms with E-state index in [2.05, 4.69) is 0 Å². The van der Waals surface area contributed by atoms with Crippen LogP contribution in [-0.4, -0.2) is 24.4 Å². The fourth-order valence-electron chi connectivity index (χ4n) is 0.581. The molecular formula is C7H13NO2. The zero-order valence-electron chi connectivity index (χ0n) is 6.42. The second kappa shape index (κ2) is 4.26. The van der Waals surface area contributed by atoms with E-state index >= 15 is 0 Å². The molecule has 58 valence electrons. The van der Waals surface area contributed by atoms with Crippen LogP contribution in [-0.2, 0) is 4.74 Å². The molecule has 0 heterocycles. The van der Waals surface area contributed by atoms with Crippen LogP contribution in [0.15, 0.2) is 0 Å². The third-order valence-electron chi connectivity index (χ3n) is 1.30. The van der Waals surface area contributed by atoms with Crippen molar-refractivity contribution in [2.45, 2.75) is 25.4 Å². The Morgan fingerprint density at radius 1 is 1.70 bits per heavy atom. The standard InChI is InChI=1S/C7H13NO2/c1-7(9,3-5-8)4-6-10-2/h9H,3-4,6H2,1-2H3. The van der Waals surface area contributed by atoms with Crippen molar-refractivity contribution in [3.63, 3.8) is 0 Å². The van der Waals surface area contributed by atoms with Crippen molar-refractivity contribution in [1.29, 1.82) is 5.26 Å². The van der Waals surface area contributed by atoms with Crippen LogP contribution in [0.5, 0.6) is 0 Å².